The predicted octanol–water partition coefficient (Wildman–Crippen LogP) is 6.37. The smallest absolute Gasteiger partial charge is 0.414 e. The maximum atomic E-state index is 9.10. The lowest BCUT2D eigenvalue weighted by Gasteiger charge is -2.17. The number of ether oxygens (including phenoxy) is 2. The third kappa shape index (κ3) is 12.9. The van der Waals surface area contributed by atoms with E-state index in [1.807, 2.05) is 11.3 Å². The summed E-state index contributed by atoms with van der Waals surface area (Å²) in [5.74, 6) is -5.28. The Morgan fingerprint density at radius 3 is 1.79 bits per heavy atom. The van der Waals surface area contributed by atoms with E-state index < -0.39 is 23.9 Å². The fraction of sp³-hybridized carbons (Fsp3) is 0.400. The number of aryl methyl sites for hydroxylation is 1. The molecule has 0 aliphatic carbocycles. The highest BCUT2D eigenvalue weighted by molar-refractivity contribution is 7.22. The second-order valence-corrected chi connectivity index (χ2v) is 13.9. The van der Waals surface area contributed by atoms with Crippen LogP contribution in [0.15, 0.2) is 66.7 Å². The van der Waals surface area contributed by atoms with E-state index in [1.54, 1.807) is 0 Å². The number of hydrogen-bond acceptors (Lipinski definition) is 9. The molecule has 0 amide bonds. The van der Waals surface area contributed by atoms with E-state index in [2.05, 4.69) is 83.5 Å². The third-order valence-electron chi connectivity index (χ3n) is 8.94. The minimum absolute atomic E-state index is 0.755. The molecule has 6 rings (SSSR count). The van der Waals surface area contributed by atoms with Gasteiger partial charge in [-0.15, -0.1) is 11.3 Å². The van der Waals surface area contributed by atoms with Gasteiger partial charge in [0, 0.05) is 22.7 Å². The largest absolute Gasteiger partial charge is 0.492 e. The zero-order valence-electron chi connectivity index (χ0n) is 30.0. The molecule has 3 heterocycles. The number of hydrogen-bond donors (Lipinski definition) is 4. The summed E-state index contributed by atoms with van der Waals surface area (Å²) < 4.78 is 13.8. The summed E-state index contributed by atoms with van der Waals surface area (Å²) in [5, 5.41) is 30.9. The molecular weight excluding hydrogens is 701 g/mol. The van der Waals surface area contributed by atoms with Crippen molar-refractivity contribution in [3.8, 4) is 21.9 Å². The lowest BCUT2D eigenvalue weighted by Crippen LogP contribution is -2.25. The van der Waals surface area contributed by atoms with Gasteiger partial charge in [-0.25, -0.2) is 19.2 Å². The molecule has 12 nitrogen and oxygen atoms in total. The zero-order valence-corrected chi connectivity index (χ0v) is 30.8. The first kappa shape index (κ1) is 40.8. The third-order valence-corrected chi connectivity index (χ3v) is 10.2. The minimum Gasteiger partial charge on any atom is -0.492 e. The van der Waals surface area contributed by atoms with Gasteiger partial charge in [0.05, 0.1) is 0 Å². The average molecular weight is 749 g/mol. The van der Waals surface area contributed by atoms with Crippen LogP contribution < -0.4 is 9.47 Å². The predicted molar refractivity (Wildman–Crippen MR) is 203 cm³/mol. The van der Waals surface area contributed by atoms with Crippen LogP contribution in [-0.4, -0.2) is 107 Å². The van der Waals surface area contributed by atoms with Crippen molar-refractivity contribution in [1.29, 1.82) is 0 Å². The second kappa shape index (κ2) is 20.9. The zero-order chi connectivity index (χ0) is 38.2. The first-order chi connectivity index (χ1) is 25.5. The highest BCUT2D eigenvalue weighted by Gasteiger charge is 2.17. The molecule has 13 heteroatoms. The fourth-order valence-corrected chi connectivity index (χ4v) is 7.58. The Hall–Kier alpha value is -4.98. The standard InChI is InChI=1S/C36H44N2O2S.2C2H2O4/c1-2-9-30-26-28(12-17-34(30)40-25-23-38-20-7-8-21-38)27-33-32-10-3-4-11-35(32)41-36(33)29-13-15-31(16-14-29)39-24-22-37-18-5-6-19-37;2*3-1(4)2(5)6/h3-4,10-17,26H,2,5-9,18-25,27H2,1H3;2*(H,3,4)(H,5,6). The monoisotopic (exact) mass is 748 g/mol. The van der Waals surface area contributed by atoms with Gasteiger partial charge in [-0.1, -0.05) is 43.7 Å². The molecule has 0 spiro atoms. The Morgan fingerprint density at radius 2 is 1.25 bits per heavy atom. The number of rotatable bonds is 13. The maximum Gasteiger partial charge on any atom is 0.414 e. The number of benzene rings is 3. The molecule has 2 fully saturated rings. The van der Waals surface area contributed by atoms with Crippen molar-refractivity contribution >= 4 is 45.3 Å². The van der Waals surface area contributed by atoms with Gasteiger partial charge in [-0.3, -0.25) is 9.80 Å². The van der Waals surface area contributed by atoms with Gasteiger partial charge >= 0.3 is 23.9 Å². The van der Waals surface area contributed by atoms with Crippen LogP contribution >= 0.6 is 11.3 Å². The highest BCUT2D eigenvalue weighted by Crippen LogP contribution is 2.40. The van der Waals surface area contributed by atoms with Crippen LogP contribution in [0.3, 0.4) is 0 Å². The Balaban J connectivity index is 0.000000453. The Morgan fingerprint density at radius 1 is 0.698 bits per heavy atom. The molecule has 284 valence electrons. The van der Waals surface area contributed by atoms with Gasteiger partial charge in [-0.2, -0.15) is 0 Å². The van der Waals surface area contributed by atoms with E-state index in [9.17, 15) is 0 Å². The molecule has 2 aliphatic heterocycles. The SMILES string of the molecule is CCCc1cc(Cc2c(-c3ccc(OCCN4CCCC4)cc3)sc3ccccc23)ccc1OCCN1CCCC1.O=C(O)C(=O)O.O=C(O)C(=O)O. The number of thiophene rings is 1. The van der Waals surface area contributed by atoms with Crippen molar-refractivity contribution in [3.05, 3.63) is 83.4 Å². The normalized spacial score (nSPS) is 14.1. The maximum absolute atomic E-state index is 9.10. The van der Waals surface area contributed by atoms with Crippen LogP contribution in [0.25, 0.3) is 20.5 Å². The van der Waals surface area contributed by atoms with Crippen molar-refractivity contribution in [3.63, 3.8) is 0 Å². The number of nitrogens with zero attached hydrogens (tertiary/aromatic N) is 2. The summed E-state index contributed by atoms with van der Waals surface area (Å²) in [5.41, 5.74) is 5.37. The van der Waals surface area contributed by atoms with Crippen molar-refractivity contribution in [1.82, 2.24) is 9.80 Å². The summed E-state index contributed by atoms with van der Waals surface area (Å²) >= 11 is 1.90. The summed E-state index contributed by atoms with van der Waals surface area (Å²) in [4.78, 5) is 42.8. The van der Waals surface area contributed by atoms with Gasteiger partial charge in [0.25, 0.3) is 0 Å². The molecule has 0 saturated carbocycles. The van der Waals surface area contributed by atoms with Crippen molar-refractivity contribution in [2.45, 2.75) is 51.9 Å². The number of carboxylic acids is 4. The molecule has 0 bridgehead atoms. The topological polar surface area (TPSA) is 174 Å². The number of fused-ring (bicyclic) bond motifs is 1. The molecule has 4 aromatic rings. The molecule has 2 saturated heterocycles. The van der Waals surface area contributed by atoms with Crippen LogP contribution in [0.4, 0.5) is 0 Å². The van der Waals surface area contributed by atoms with E-state index in [1.165, 1.54) is 89.1 Å². The molecule has 4 N–H and O–H groups in total. The van der Waals surface area contributed by atoms with Crippen LogP contribution in [0.5, 0.6) is 11.5 Å². The lowest BCUT2D eigenvalue weighted by atomic mass is 9.96. The van der Waals surface area contributed by atoms with Crippen LogP contribution in [0.2, 0.25) is 0 Å². The molecule has 0 radical (unpaired) electrons. The van der Waals surface area contributed by atoms with E-state index in [4.69, 9.17) is 49.1 Å². The summed E-state index contributed by atoms with van der Waals surface area (Å²) in [6, 6.07) is 24.5. The number of likely N-dealkylation sites (tertiary alicyclic amines) is 2. The van der Waals surface area contributed by atoms with Crippen molar-refractivity contribution in [2.75, 3.05) is 52.5 Å². The van der Waals surface area contributed by atoms with Crippen LogP contribution in [0, 0.1) is 0 Å². The Kier molecular flexibility index (Phi) is 16.1. The van der Waals surface area contributed by atoms with Gasteiger partial charge in [-0.05, 0) is 129 Å². The molecular formula is C40H48N2O10S. The number of aliphatic carboxylic acids is 4. The quantitative estimate of drug-likeness (QED) is 0.111. The molecule has 3 aromatic carbocycles. The van der Waals surface area contributed by atoms with E-state index in [0.29, 0.717) is 0 Å². The number of carbonyl (C=O) groups is 4. The van der Waals surface area contributed by atoms with E-state index in [0.717, 1.165) is 57.1 Å². The molecule has 1 aromatic heterocycles. The Labute approximate surface area is 313 Å². The van der Waals surface area contributed by atoms with Gasteiger partial charge in [0.2, 0.25) is 0 Å². The van der Waals surface area contributed by atoms with E-state index >= 15 is 0 Å². The summed E-state index contributed by atoms with van der Waals surface area (Å²) in [6.07, 6.45) is 8.37. The first-order valence-electron chi connectivity index (χ1n) is 17.9. The minimum atomic E-state index is -1.82. The molecule has 0 unspecified atom stereocenters. The Bertz CT molecular complexity index is 1760. The second-order valence-electron chi connectivity index (χ2n) is 12.8. The van der Waals surface area contributed by atoms with Gasteiger partial charge in [0.1, 0.15) is 24.7 Å². The van der Waals surface area contributed by atoms with Crippen molar-refractivity contribution in [2.24, 2.45) is 0 Å². The molecule has 53 heavy (non-hydrogen) atoms. The van der Waals surface area contributed by atoms with Crippen LogP contribution in [-0.2, 0) is 32.0 Å². The number of carboxylic acid groups (broad SMARTS) is 4. The lowest BCUT2D eigenvalue weighted by molar-refractivity contribution is -0.159. The molecule has 2 aliphatic rings. The summed E-state index contributed by atoms with van der Waals surface area (Å²) in [6.45, 7) is 10.7. The van der Waals surface area contributed by atoms with Gasteiger partial charge < -0.3 is 29.9 Å². The van der Waals surface area contributed by atoms with E-state index in [-0.39, 0.29) is 0 Å². The van der Waals surface area contributed by atoms with Crippen LogP contribution in [0.1, 0.15) is 55.7 Å². The highest BCUT2D eigenvalue weighted by atomic mass is 32.1. The fourth-order valence-electron chi connectivity index (χ4n) is 6.35. The van der Waals surface area contributed by atoms with Gasteiger partial charge in [0.15, 0.2) is 0 Å². The van der Waals surface area contributed by atoms with Crippen molar-refractivity contribution < 1.29 is 49.1 Å². The molecule has 0 atom stereocenters. The summed E-state index contributed by atoms with van der Waals surface area (Å²) in [7, 11) is 0. The average Bonchev–Trinajstić information content (AvgIpc) is 3.93. The first-order valence-corrected chi connectivity index (χ1v) is 18.7.